The van der Waals surface area contributed by atoms with E-state index in [9.17, 15) is 18.0 Å². The normalized spacial score (nSPS) is 12.3. The lowest BCUT2D eigenvalue weighted by Crippen LogP contribution is -2.17. The van der Waals surface area contributed by atoms with Crippen LogP contribution in [-0.2, 0) is 4.74 Å². The lowest BCUT2D eigenvalue weighted by molar-refractivity contribution is -0.173. The van der Waals surface area contributed by atoms with Gasteiger partial charge in [0.25, 0.3) is 5.95 Å². The first kappa shape index (κ1) is 14.1. The van der Waals surface area contributed by atoms with Crippen molar-refractivity contribution in [2.24, 2.45) is 0 Å². The highest BCUT2D eigenvalue weighted by Crippen LogP contribution is 2.16. The second-order valence-electron chi connectivity index (χ2n) is 3.62. The molecule has 98 valence electrons. The van der Waals surface area contributed by atoms with Gasteiger partial charge in [-0.15, -0.1) is 0 Å². The summed E-state index contributed by atoms with van der Waals surface area (Å²) in [6.45, 7) is 0.185. The summed E-state index contributed by atoms with van der Waals surface area (Å²) < 4.78 is 39.3. The molecule has 0 spiro atoms. The number of allylic oxidation sites excluding steroid dienone is 1. The average molecular weight is 260 g/mol. The summed E-state index contributed by atoms with van der Waals surface area (Å²) >= 11 is 0. The number of ketones is 1. The molecule has 3 nitrogen and oxygen atoms in total. The summed E-state index contributed by atoms with van der Waals surface area (Å²) in [5, 5.41) is 9.02. The third-order valence-corrected chi connectivity index (χ3v) is 1.97. The minimum atomic E-state index is -4.56. The molecule has 0 saturated heterocycles. The Labute approximate surface area is 101 Å². The number of ether oxygens (including phenoxy) is 1. The molecule has 0 atom stereocenters. The van der Waals surface area contributed by atoms with Gasteiger partial charge in [-0.3, -0.25) is 4.79 Å². The number of halogens is 3. The van der Waals surface area contributed by atoms with Crippen LogP contribution in [0.4, 0.5) is 13.2 Å². The second-order valence-corrected chi connectivity index (χ2v) is 3.62. The number of aryl methyl sites for hydroxylation is 1. The highest BCUT2D eigenvalue weighted by Gasteiger charge is 2.28. The zero-order valence-electron chi connectivity index (χ0n) is 9.49. The summed E-state index contributed by atoms with van der Waals surface area (Å²) in [5.41, 5.74) is 1.19. The van der Waals surface area contributed by atoms with Crippen molar-refractivity contribution >= 4 is 5.78 Å². The predicted octanol–water partition coefficient (Wildman–Crippen LogP) is 3.16. The minimum Gasteiger partial charge on any atom is -0.481 e. The summed E-state index contributed by atoms with van der Waals surface area (Å²) in [7, 11) is 0. The van der Waals surface area contributed by atoms with Crippen molar-refractivity contribution in [2.45, 2.75) is 13.1 Å². The molecular weight excluding hydrogens is 249 g/mol. The van der Waals surface area contributed by atoms with Crippen molar-refractivity contribution in [1.29, 1.82) is 0 Å². The van der Waals surface area contributed by atoms with E-state index in [1.165, 1.54) is 12.1 Å². The SMILES string of the molecule is Cc1ccc(C(=O)/C=C(\O)OCC(F)(F)F)cc1. The fourth-order valence-corrected chi connectivity index (χ4v) is 1.11. The molecule has 1 aromatic rings. The third kappa shape index (κ3) is 4.90. The topological polar surface area (TPSA) is 46.5 Å². The quantitative estimate of drug-likeness (QED) is 0.514. The Kier molecular flexibility index (Phi) is 4.36. The Hall–Kier alpha value is -1.98. The molecule has 0 aliphatic carbocycles. The summed E-state index contributed by atoms with van der Waals surface area (Å²) in [5.74, 6) is -1.69. The van der Waals surface area contributed by atoms with Crippen molar-refractivity contribution in [3.05, 3.63) is 47.4 Å². The van der Waals surface area contributed by atoms with Gasteiger partial charge in [-0.25, -0.2) is 0 Å². The maximum absolute atomic E-state index is 11.8. The largest absolute Gasteiger partial charge is 0.481 e. The Bertz CT molecular complexity index is 447. The van der Waals surface area contributed by atoms with E-state index in [-0.39, 0.29) is 5.56 Å². The van der Waals surface area contributed by atoms with Crippen LogP contribution in [0.5, 0.6) is 0 Å². The van der Waals surface area contributed by atoms with Crippen LogP contribution in [0.3, 0.4) is 0 Å². The smallest absolute Gasteiger partial charge is 0.422 e. The van der Waals surface area contributed by atoms with Crippen molar-refractivity contribution in [3.8, 4) is 0 Å². The van der Waals surface area contributed by atoms with E-state index in [1.54, 1.807) is 12.1 Å². The predicted molar refractivity (Wildman–Crippen MR) is 58.2 cm³/mol. The number of carbonyl (C=O) groups excluding carboxylic acids is 1. The second kappa shape index (κ2) is 5.57. The first-order valence-electron chi connectivity index (χ1n) is 4.99. The average Bonchev–Trinajstić information content (AvgIpc) is 2.26. The third-order valence-electron chi connectivity index (χ3n) is 1.97. The van der Waals surface area contributed by atoms with Gasteiger partial charge in [0, 0.05) is 5.56 Å². The van der Waals surface area contributed by atoms with E-state index >= 15 is 0 Å². The van der Waals surface area contributed by atoms with Gasteiger partial charge in [-0.05, 0) is 6.92 Å². The molecule has 6 heteroatoms. The number of hydrogen-bond acceptors (Lipinski definition) is 3. The van der Waals surface area contributed by atoms with Crippen LogP contribution in [0.25, 0.3) is 0 Å². The molecule has 0 heterocycles. The Morgan fingerprint density at radius 3 is 2.39 bits per heavy atom. The Balaban J connectivity index is 2.65. The first-order valence-corrected chi connectivity index (χ1v) is 4.99. The number of benzene rings is 1. The van der Waals surface area contributed by atoms with Crippen molar-refractivity contribution in [3.63, 3.8) is 0 Å². The number of aliphatic hydroxyl groups excluding tert-OH is 1. The van der Waals surface area contributed by atoms with Crippen LogP contribution in [0.15, 0.2) is 36.3 Å². The zero-order valence-corrected chi connectivity index (χ0v) is 9.49. The van der Waals surface area contributed by atoms with Crippen molar-refractivity contribution in [2.75, 3.05) is 6.61 Å². The van der Waals surface area contributed by atoms with Crippen LogP contribution in [0.1, 0.15) is 15.9 Å². The first-order chi connectivity index (χ1) is 8.28. The van der Waals surface area contributed by atoms with Gasteiger partial charge < -0.3 is 9.84 Å². The van der Waals surface area contributed by atoms with Crippen molar-refractivity contribution < 1.29 is 27.8 Å². The number of hydrogen-bond donors (Lipinski definition) is 1. The van der Waals surface area contributed by atoms with Crippen LogP contribution in [-0.4, -0.2) is 23.7 Å². The highest BCUT2D eigenvalue weighted by molar-refractivity contribution is 6.04. The molecule has 0 bridgehead atoms. The maximum atomic E-state index is 11.8. The molecule has 1 N–H and O–H groups in total. The summed E-state index contributed by atoms with van der Waals surface area (Å²) in [6, 6.07) is 6.36. The summed E-state index contributed by atoms with van der Waals surface area (Å²) in [6.07, 6.45) is -3.95. The number of alkyl halides is 3. The van der Waals surface area contributed by atoms with Gasteiger partial charge in [0.2, 0.25) is 0 Å². The molecule has 0 aromatic heterocycles. The van der Waals surface area contributed by atoms with Crippen molar-refractivity contribution in [1.82, 2.24) is 0 Å². The van der Waals surface area contributed by atoms with E-state index in [1.807, 2.05) is 6.92 Å². The molecule has 0 radical (unpaired) electrons. The molecule has 0 saturated carbocycles. The van der Waals surface area contributed by atoms with E-state index in [0.717, 1.165) is 5.56 Å². The van der Waals surface area contributed by atoms with Crippen LogP contribution < -0.4 is 0 Å². The molecule has 0 fully saturated rings. The lowest BCUT2D eigenvalue weighted by Gasteiger charge is -2.07. The van der Waals surface area contributed by atoms with Crippen LogP contribution in [0, 0.1) is 6.92 Å². The van der Waals surface area contributed by atoms with Gasteiger partial charge in [0.05, 0.1) is 6.08 Å². The zero-order chi connectivity index (χ0) is 13.8. The molecule has 0 unspecified atom stereocenters. The molecule has 0 amide bonds. The van der Waals surface area contributed by atoms with E-state index < -0.39 is 24.5 Å². The summed E-state index contributed by atoms with van der Waals surface area (Å²) in [4.78, 5) is 11.5. The molecule has 1 rings (SSSR count). The molecule has 18 heavy (non-hydrogen) atoms. The fourth-order valence-electron chi connectivity index (χ4n) is 1.11. The minimum absolute atomic E-state index is 0.253. The Morgan fingerprint density at radius 2 is 1.89 bits per heavy atom. The van der Waals surface area contributed by atoms with E-state index in [2.05, 4.69) is 4.74 Å². The fraction of sp³-hybridized carbons (Fsp3) is 0.250. The highest BCUT2D eigenvalue weighted by atomic mass is 19.4. The van der Waals surface area contributed by atoms with Crippen LogP contribution in [0.2, 0.25) is 0 Å². The van der Waals surface area contributed by atoms with Gasteiger partial charge in [-0.1, -0.05) is 29.8 Å². The van der Waals surface area contributed by atoms with Gasteiger partial charge in [-0.2, -0.15) is 13.2 Å². The number of carbonyl (C=O) groups is 1. The monoisotopic (exact) mass is 260 g/mol. The van der Waals surface area contributed by atoms with Crippen LogP contribution >= 0.6 is 0 Å². The number of aliphatic hydroxyl groups is 1. The van der Waals surface area contributed by atoms with Gasteiger partial charge in [0.1, 0.15) is 0 Å². The Morgan fingerprint density at radius 1 is 1.33 bits per heavy atom. The van der Waals surface area contributed by atoms with Gasteiger partial charge in [0.15, 0.2) is 12.4 Å². The maximum Gasteiger partial charge on any atom is 0.422 e. The van der Waals surface area contributed by atoms with E-state index in [4.69, 9.17) is 5.11 Å². The standard InChI is InChI=1S/C12H11F3O3/c1-8-2-4-9(5-3-8)10(16)6-11(17)18-7-12(13,14)15/h2-6,17H,7H2,1H3/b11-6+. The molecule has 1 aromatic carbocycles. The van der Waals surface area contributed by atoms with Gasteiger partial charge >= 0.3 is 6.18 Å². The molecule has 0 aliphatic heterocycles. The van der Waals surface area contributed by atoms with E-state index in [0.29, 0.717) is 6.08 Å². The molecule has 0 aliphatic rings. The molecular formula is C12H11F3O3. The lowest BCUT2D eigenvalue weighted by atomic mass is 10.1. The number of rotatable bonds is 4.